The highest BCUT2D eigenvalue weighted by molar-refractivity contribution is 5.74. The number of hydrogen-bond acceptors (Lipinski definition) is 3. The van der Waals surface area contributed by atoms with Gasteiger partial charge in [0.2, 0.25) is 0 Å². The molecule has 2 amide bonds. The molecule has 0 spiro atoms. The molecule has 5 heteroatoms. The Bertz CT molecular complexity index is 527. The fourth-order valence-corrected chi connectivity index (χ4v) is 3.06. The fraction of sp³-hybridized carbons (Fsp3) is 0.650. The first-order valence-electron chi connectivity index (χ1n) is 9.47. The Morgan fingerprint density at radius 2 is 2.00 bits per heavy atom. The van der Waals surface area contributed by atoms with Crippen molar-refractivity contribution in [2.75, 3.05) is 44.8 Å². The summed E-state index contributed by atoms with van der Waals surface area (Å²) in [4.78, 5) is 16.5. The van der Waals surface area contributed by atoms with E-state index in [1.807, 2.05) is 13.1 Å². The maximum atomic E-state index is 12.3. The minimum absolute atomic E-state index is 0.0277. The Morgan fingerprint density at radius 1 is 1.28 bits per heavy atom. The van der Waals surface area contributed by atoms with Crippen LogP contribution in [0.3, 0.4) is 0 Å². The zero-order valence-corrected chi connectivity index (χ0v) is 16.0. The molecule has 140 valence electrons. The molecular formula is C20H33N3O2. The summed E-state index contributed by atoms with van der Waals surface area (Å²) in [6, 6.07) is 8.39. The van der Waals surface area contributed by atoms with Crippen molar-refractivity contribution in [3.05, 3.63) is 29.8 Å². The van der Waals surface area contributed by atoms with Crippen molar-refractivity contribution in [1.82, 2.24) is 10.2 Å². The lowest BCUT2D eigenvalue weighted by atomic mass is 10.1. The number of para-hydroxylation sites is 1. The molecule has 1 saturated heterocycles. The van der Waals surface area contributed by atoms with Crippen molar-refractivity contribution in [3.8, 4) is 0 Å². The van der Waals surface area contributed by atoms with Gasteiger partial charge in [0, 0.05) is 52.1 Å². The van der Waals surface area contributed by atoms with Crippen LogP contribution in [0.2, 0.25) is 0 Å². The number of nitrogens with one attached hydrogen (secondary N) is 1. The second kappa shape index (κ2) is 10.3. The number of rotatable bonds is 9. The van der Waals surface area contributed by atoms with E-state index in [-0.39, 0.29) is 6.03 Å². The van der Waals surface area contributed by atoms with E-state index in [2.05, 4.69) is 42.3 Å². The monoisotopic (exact) mass is 347 g/mol. The molecule has 2 rings (SSSR count). The molecule has 0 aromatic heterocycles. The van der Waals surface area contributed by atoms with Gasteiger partial charge in [0.15, 0.2) is 0 Å². The predicted molar refractivity (Wildman–Crippen MR) is 103 cm³/mol. The number of ether oxygens (including phenoxy) is 1. The normalized spacial score (nSPS) is 14.2. The van der Waals surface area contributed by atoms with Gasteiger partial charge in [0.1, 0.15) is 0 Å². The number of hydrogen-bond donors (Lipinski definition) is 1. The lowest BCUT2D eigenvalue weighted by Crippen LogP contribution is -2.37. The topological polar surface area (TPSA) is 44.8 Å². The van der Waals surface area contributed by atoms with Gasteiger partial charge in [0.25, 0.3) is 0 Å². The van der Waals surface area contributed by atoms with Crippen LogP contribution >= 0.6 is 0 Å². The molecule has 1 aliphatic heterocycles. The standard InChI is InChI=1S/C20H33N3O2/c1-17(2)16-25-14-8-11-21-20(24)22(3)15-18-9-4-5-10-19(18)23-12-6-7-13-23/h4-5,9-10,17H,6-8,11-16H2,1-3H3,(H,21,24). The molecule has 1 fully saturated rings. The van der Waals surface area contributed by atoms with Gasteiger partial charge in [0.05, 0.1) is 0 Å². The number of urea groups is 1. The molecule has 5 nitrogen and oxygen atoms in total. The molecule has 1 aliphatic rings. The van der Waals surface area contributed by atoms with Gasteiger partial charge in [-0.05, 0) is 36.8 Å². The van der Waals surface area contributed by atoms with Gasteiger partial charge in [-0.1, -0.05) is 32.0 Å². The van der Waals surface area contributed by atoms with Gasteiger partial charge >= 0.3 is 6.03 Å². The maximum Gasteiger partial charge on any atom is 0.317 e. The number of carbonyl (C=O) groups is 1. The Hall–Kier alpha value is -1.75. The van der Waals surface area contributed by atoms with Gasteiger partial charge in [-0.25, -0.2) is 4.79 Å². The van der Waals surface area contributed by atoms with E-state index in [9.17, 15) is 4.79 Å². The lowest BCUT2D eigenvalue weighted by Gasteiger charge is -2.24. The largest absolute Gasteiger partial charge is 0.381 e. The quantitative estimate of drug-likeness (QED) is 0.696. The SMILES string of the molecule is CC(C)COCCCNC(=O)N(C)Cc1ccccc1N1CCCC1. The van der Waals surface area contributed by atoms with Gasteiger partial charge < -0.3 is 19.9 Å². The zero-order chi connectivity index (χ0) is 18.1. The average Bonchev–Trinajstić information content (AvgIpc) is 3.12. The van der Waals surface area contributed by atoms with E-state index in [1.165, 1.54) is 24.1 Å². The molecule has 1 heterocycles. The third-order valence-electron chi connectivity index (χ3n) is 4.39. The van der Waals surface area contributed by atoms with Crippen molar-refractivity contribution in [2.24, 2.45) is 5.92 Å². The van der Waals surface area contributed by atoms with Crippen LogP contribution in [0.25, 0.3) is 0 Å². The van der Waals surface area contributed by atoms with Gasteiger partial charge in [-0.2, -0.15) is 0 Å². The summed E-state index contributed by atoms with van der Waals surface area (Å²) in [6.07, 6.45) is 3.35. The summed E-state index contributed by atoms with van der Waals surface area (Å²) >= 11 is 0. The molecule has 0 radical (unpaired) electrons. The van der Waals surface area contributed by atoms with Gasteiger partial charge in [-0.15, -0.1) is 0 Å². The molecular weight excluding hydrogens is 314 g/mol. The zero-order valence-electron chi connectivity index (χ0n) is 16.0. The van der Waals surface area contributed by atoms with E-state index >= 15 is 0 Å². The summed E-state index contributed by atoms with van der Waals surface area (Å²) in [5, 5.41) is 2.97. The number of benzene rings is 1. The molecule has 0 aliphatic carbocycles. The molecule has 1 N–H and O–H groups in total. The predicted octanol–water partition coefficient (Wildman–Crippen LogP) is 3.49. The highest BCUT2D eigenvalue weighted by Gasteiger charge is 2.17. The van der Waals surface area contributed by atoms with E-state index in [0.29, 0.717) is 25.6 Å². The Balaban J connectivity index is 1.75. The first-order valence-corrected chi connectivity index (χ1v) is 9.47. The van der Waals surface area contributed by atoms with Crippen LogP contribution in [0.4, 0.5) is 10.5 Å². The van der Waals surface area contributed by atoms with Crippen LogP contribution in [-0.4, -0.2) is 50.8 Å². The molecule has 0 atom stereocenters. The summed E-state index contributed by atoms with van der Waals surface area (Å²) in [6.45, 7) is 9.25. The maximum absolute atomic E-state index is 12.3. The smallest absolute Gasteiger partial charge is 0.317 e. The van der Waals surface area contributed by atoms with E-state index < -0.39 is 0 Å². The fourth-order valence-electron chi connectivity index (χ4n) is 3.06. The van der Waals surface area contributed by atoms with Crippen molar-refractivity contribution in [3.63, 3.8) is 0 Å². The first kappa shape index (κ1) is 19.6. The Labute approximate surface area is 152 Å². The Morgan fingerprint density at radius 3 is 2.72 bits per heavy atom. The average molecular weight is 348 g/mol. The van der Waals surface area contributed by atoms with Crippen molar-refractivity contribution in [1.29, 1.82) is 0 Å². The third-order valence-corrected chi connectivity index (χ3v) is 4.39. The highest BCUT2D eigenvalue weighted by atomic mass is 16.5. The summed E-state index contributed by atoms with van der Waals surface area (Å²) in [5.41, 5.74) is 2.48. The van der Waals surface area contributed by atoms with E-state index in [0.717, 1.165) is 26.1 Å². The van der Waals surface area contributed by atoms with Crippen LogP contribution in [0.15, 0.2) is 24.3 Å². The number of nitrogens with zero attached hydrogens (tertiary/aromatic N) is 2. The third kappa shape index (κ3) is 6.58. The van der Waals surface area contributed by atoms with Crippen LogP contribution in [-0.2, 0) is 11.3 Å². The highest BCUT2D eigenvalue weighted by Crippen LogP contribution is 2.25. The van der Waals surface area contributed by atoms with Crippen LogP contribution in [0.1, 0.15) is 38.7 Å². The molecule has 0 bridgehead atoms. The minimum Gasteiger partial charge on any atom is -0.381 e. The molecule has 0 unspecified atom stereocenters. The number of carbonyl (C=O) groups excluding carboxylic acids is 1. The summed E-state index contributed by atoms with van der Waals surface area (Å²) < 4.78 is 5.54. The van der Waals surface area contributed by atoms with Crippen molar-refractivity contribution in [2.45, 2.75) is 39.7 Å². The molecule has 0 saturated carbocycles. The first-order chi connectivity index (χ1) is 12.1. The van der Waals surface area contributed by atoms with Crippen molar-refractivity contribution >= 4 is 11.7 Å². The second-order valence-electron chi connectivity index (χ2n) is 7.23. The lowest BCUT2D eigenvalue weighted by molar-refractivity contribution is 0.108. The molecule has 1 aromatic carbocycles. The Kier molecular flexibility index (Phi) is 8.06. The molecule has 25 heavy (non-hydrogen) atoms. The molecule has 1 aromatic rings. The van der Waals surface area contributed by atoms with E-state index in [1.54, 1.807) is 4.90 Å². The van der Waals surface area contributed by atoms with Crippen LogP contribution in [0.5, 0.6) is 0 Å². The van der Waals surface area contributed by atoms with Crippen molar-refractivity contribution < 1.29 is 9.53 Å². The minimum atomic E-state index is -0.0277. The number of anilines is 1. The van der Waals surface area contributed by atoms with Crippen LogP contribution in [0, 0.1) is 5.92 Å². The summed E-state index contributed by atoms with van der Waals surface area (Å²) in [7, 11) is 1.85. The van der Waals surface area contributed by atoms with Gasteiger partial charge in [-0.3, -0.25) is 0 Å². The van der Waals surface area contributed by atoms with E-state index in [4.69, 9.17) is 4.74 Å². The summed E-state index contributed by atoms with van der Waals surface area (Å²) in [5.74, 6) is 0.552. The second-order valence-corrected chi connectivity index (χ2v) is 7.23. The number of amides is 2. The van der Waals surface area contributed by atoms with Crippen LogP contribution < -0.4 is 10.2 Å².